The predicted octanol–water partition coefficient (Wildman–Crippen LogP) is 2.60. The standard InChI is InChI=1S/C17H14ClN3O4/c1-24-15-7-14(20)13(18)6-12(15)17(23)25-9-16(22)21-11-4-2-3-10(5-11)8-19/h2-7H,9,20H2,1H3,(H,21,22). The maximum atomic E-state index is 12.1. The molecule has 128 valence electrons. The fraction of sp³-hybridized carbons (Fsp3) is 0.118. The molecule has 0 radical (unpaired) electrons. The lowest BCUT2D eigenvalue weighted by Crippen LogP contribution is -2.21. The number of nitrogen functional groups attached to an aromatic ring is 1. The first kappa shape index (κ1) is 18.1. The molecule has 0 bridgehead atoms. The Bertz CT molecular complexity index is 861. The molecule has 1 amide bonds. The van der Waals surface area contributed by atoms with Crippen molar-refractivity contribution in [2.45, 2.75) is 0 Å². The lowest BCUT2D eigenvalue weighted by Gasteiger charge is -2.11. The van der Waals surface area contributed by atoms with Crippen LogP contribution < -0.4 is 15.8 Å². The molecule has 0 aliphatic rings. The molecule has 0 atom stereocenters. The van der Waals surface area contributed by atoms with Gasteiger partial charge in [-0.2, -0.15) is 5.26 Å². The van der Waals surface area contributed by atoms with E-state index in [2.05, 4.69) is 5.32 Å². The number of nitrogens with two attached hydrogens (primary N) is 1. The third-order valence-corrected chi connectivity index (χ3v) is 3.48. The molecule has 0 spiro atoms. The zero-order valence-electron chi connectivity index (χ0n) is 13.2. The van der Waals surface area contributed by atoms with E-state index >= 15 is 0 Å². The molecular formula is C17H14ClN3O4. The first-order valence-corrected chi connectivity index (χ1v) is 7.42. The van der Waals surface area contributed by atoms with Crippen LogP contribution in [-0.2, 0) is 9.53 Å². The Morgan fingerprint density at radius 1 is 1.32 bits per heavy atom. The number of carbonyl (C=O) groups is 2. The Hall–Kier alpha value is -3.24. The number of benzene rings is 2. The number of hydrogen-bond donors (Lipinski definition) is 2. The summed E-state index contributed by atoms with van der Waals surface area (Å²) >= 11 is 5.89. The normalized spacial score (nSPS) is 9.80. The van der Waals surface area contributed by atoms with Gasteiger partial charge in [-0.15, -0.1) is 0 Å². The molecule has 0 heterocycles. The summed E-state index contributed by atoms with van der Waals surface area (Å²) in [7, 11) is 1.37. The number of nitrogens with one attached hydrogen (secondary N) is 1. The van der Waals surface area contributed by atoms with Gasteiger partial charge in [0.05, 0.1) is 29.5 Å². The van der Waals surface area contributed by atoms with Crippen molar-refractivity contribution >= 4 is 34.9 Å². The monoisotopic (exact) mass is 359 g/mol. The van der Waals surface area contributed by atoms with E-state index in [1.807, 2.05) is 6.07 Å². The quantitative estimate of drug-likeness (QED) is 0.626. The molecular weight excluding hydrogens is 346 g/mol. The van der Waals surface area contributed by atoms with Crippen molar-refractivity contribution in [3.05, 3.63) is 52.5 Å². The van der Waals surface area contributed by atoms with Crippen molar-refractivity contribution in [1.29, 1.82) is 5.26 Å². The molecule has 2 rings (SSSR count). The van der Waals surface area contributed by atoms with Gasteiger partial charge >= 0.3 is 5.97 Å². The van der Waals surface area contributed by atoms with Gasteiger partial charge in [0.25, 0.3) is 5.91 Å². The number of carbonyl (C=O) groups excluding carboxylic acids is 2. The highest BCUT2D eigenvalue weighted by molar-refractivity contribution is 6.33. The van der Waals surface area contributed by atoms with Gasteiger partial charge in [0.15, 0.2) is 6.61 Å². The number of anilines is 2. The maximum absolute atomic E-state index is 12.1. The van der Waals surface area contributed by atoms with E-state index in [0.29, 0.717) is 11.3 Å². The zero-order chi connectivity index (χ0) is 18.4. The van der Waals surface area contributed by atoms with Gasteiger partial charge < -0.3 is 20.5 Å². The van der Waals surface area contributed by atoms with Gasteiger partial charge in [-0.05, 0) is 24.3 Å². The highest BCUT2D eigenvalue weighted by Gasteiger charge is 2.17. The lowest BCUT2D eigenvalue weighted by molar-refractivity contribution is -0.119. The van der Waals surface area contributed by atoms with Gasteiger partial charge in [0.1, 0.15) is 11.3 Å². The summed E-state index contributed by atoms with van der Waals surface area (Å²) in [5.74, 6) is -1.14. The number of nitrogens with zero attached hydrogens (tertiary/aromatic N) is 1. The Kier molecular flexibility index (Phi) is 5.82. The summed E-state index contributed by atoms with van der Waals surface area (Å²) < 4.78 is 10.0. The molecule has 8 heteroatoms. The topological polar surface area (TPSA) is 114 Å². The van der Waals surface area contributed by atoms with Gasteiger partial charge in [0, 0.05) is 11.8 Å². The Balaban J connectivity index is 2.01. The van der Waals surface area contributed by atoms with Crippen LogP contribution in [-0.4, -0.2) is 25.6 Å². The average molecular weight is 360 g/mol. The summed E-state index contributed by atoms with van der Waals surface area (Å²) in [4.78, 5) is 24.0. The lowest BCUT2D eigenvalue weighted by atomic mass is 10.2. The van der Waals surface area contributed by atoms with Crippen molar-refractivity contribution in [2.75, 3.05) is 24.8 Å². The third kappa shape index (κ3) is 4.62. The van der Waals surface area contributed by atoms with Gasteiger partial charge in [-0.1, -0.05) is 17.7 Å². The fourth-order valence-electron chi connectivity index (χ4n) is 1.97. The first-order chi connectivity index (χ1) is 11.9. The summed E-state index contributed by atoms with van der Waals surface area (Å²) in [6, 6.07) is 11.0. The summed E-state index contributed by atoms with van der Waals surface area (Å²) in [5, 5.41) is 11.5. The summed E-state index contributed by atoms with van der Waals surface area (Å²) in [6.07, 6.45) is 0. The van der Waals surface area contributed by atoms with Crippen LogP contribution in [0.3, 0.4) is 0 Å². The smallest absolute Gasteiger partial charge is 0.342 e. The van der Waals surface area contributed by atoms with E-state index in [4.69, 9.17) is 32.1 Å². The Labute approximate surface area is 148 Å². The number of esters is 1. The SMILES string of the molecule is COc1cc(N)c(Cl)cc1C(=O)OCC(=O)Nc1cccc(C#N)c1. The second-order valence-electron chi connectivity index (χ2n) is 4.89. The van der Waals surface area contributed by atoms with E-state index < -0.39 is 18.5 Å². The first-order valence-electron chi connectivity index (χ1n) is 7.04. The number of methoxy groups -OCH3 is 1. The van der Waals surface area contributed by atoms with E-state index in [1.165, 1.54) is 25.3 Å². The predicted molar refractivity (Wildman–Crippen MR) is 92.5 cm³/mol. The van der Waals surface area contributed by atoms with Gasteiger partial charge in [-0.3, -0.25) is 4.79 Å². The molecule has 0 aliphatic carbocycles. The number of rotatable bonds is 5. The third-order valence-electron chi connectivity index (χ3n) is 3.15. The largest absolute Gasteiger partial charge is 0.496 e. The van der Waals surface area contributed by atoms with Crippen LogP contribution in [0.15, 0.2) is 36.4 Å². The number of halogens is 1. The number of hydrogen-bond acceptors (Lipinski definition) is 6. The van der Waals surface area contributed by atoms with Crippen molar-refractivity contribution < 1.29 is 19.1 Å². The van der Waals surface area contributed by atoms with Crippen molar-refractivity contribution in [1.82, 2.24) is 0 Å². The molecule has 0 aromatic heterocycles. The highest BCUT2D eigenvalue weighted by atomic mass is 35.5. The van der Waals surface area contributed by atoms with E-state index in [1.54, 1.807) is 18.2 Å². The van der Waals surface area contributed by atoms with Crippen LogP contribution in [0.25, 0.3) is 0 Å². The Morgan fingerprint density at radius 3 is 2.76 bits per heavy atom. The minimum absolute atomic E-state index is 0.0565. The van der Waals surface area contributed by atoms with Crippen LogP contribution in [0.2, 0.25) is 5.02 Å². The van der Waals surface area contributed by atoms with Crippen LogP contribution in [0, 0.1) is 11.3 Å². The average Bonchev–Trinajstić information content (AvgIpc) is 2.61. The molecule has 0 saturated carbocycles. The molecule has 0 aliphatic heterocycles. The molecule has 0 fully saturated rings. The van der Waals surface area contributed by atoms with Crippen molar-refractivity contribution in [2.24, 2.45) is 0 Å². The Morgan fingerprint density at radius 2 is 2.08 bits per heavy atom. The molecule has 25 heavy (non-hydrogen) atoms. The second-order valence-corrected chi connectivity index (χ2v) is 5.30. The molecule has 0 saturated heterocycles. The van der Waals surface area contributed by atoms with E-state index in [9.17, 15) is 9.59 Å². The molecule has 0 unspecified atom stereocenters. The van der Waals surface area contributed by atoms with Crippen molar-refractivity contribution in [3.63, 3.8) is 0 Å². The number of nitriles is 1. The van der Waals surface area contributed by atoms with E-state index in [0.717, 1.165) is 0 Å². The summed E-state index contributed by atoms with van der Waals surface area (Å²) in [5.41, 5.74) is 6.78. The molecule has 7 nitrogen and oxygen atoms in total. The number of ether oxygens (including phenoxy) is 2. The minimum Gasteiger partial charge on any atom is -0.496 e. The second kappa shape index (κ2) is 8.04. The number of amides is 1. The minimum atomic E-state index is -0.778. The van der Waals surface area contributed by atoms with Gasteiger partial charge in [-0.25, -0.2) is 4.79 Å². The molecule has 3 N–H and O–H groups in total. The van der Waals surface area contributed by atoms with Crippen LogP contribution in [0.4, 0.5) is 11.4 Å². The highest BCUT2D eigenvalue weighted by Crippen LogP contribution is 2.29. The van der Waals surface area contributed by atoms with Crippen LogP contribution in [0.1, 0.15) is 15.9 Å². The van der Waals surface area contributed by atoms with Crippen molar-refractivity contribution in [3.8, 4) is 11.8 Å². The fourth-order valence-corrected chi connectivity index (χ4v) is 2.13. The van der Waals surface area contributed by atoms with Gasteiger partial charge in [0.2, 0.25) is 0 Å². The molecule has 2 aromatic rings. The molecule has 2 aromatic carbocycles. The summed E-state index contributed by atoms with van der Waals surface area (Å²) in [6.45, 7) is -0.513. The maximum Gasteiger partial charge on any atom is 0.342 e. The van der Waals surface area contributed by atoms with E-state index in [-0.39, 0.29) is 22.0 Å². The zero-order valence-corrected chi connectivity index (χ0v) is 14.0. The van der Waals surface area contributed by atoms with Crippen LogP contribution >= 0.6 is 11.6 Å². The van der Waals surface area contributed by atoms with Crippen LogP contribution in [0.5, 0.6) is 5.75 Å².